The SMILES string of the molecule is COc1ccc2nc(NC3(C)CCCC3)sc2c1. The molecule has 3 nitrogen and oxygen atoms in total. The van der Waals surface area contributed by atoms with E-state index in [1.54, 1.807) is 18.4 Å². The van der Waals surface area contributed by atoms with E-state index in [0.717, 1.165) is 16.4 Å². The van der Waals surface area contributed by atoms with Crippen LogP contribution in [0.25, 0.3) is 10.2 Å². The van der Waals surface area contributed by atoms with Crippen molar-refractivity contribution in [2.75, 3.05) is 12.4 Å². The summed E-state index contributed by atoms with van der Waals surface area (Å²) in [6.07, 6.45) is 5.13. The largest absolute Gasteiger partial charge is 0.497 e. The third-order valence-electron chi connectivity index (χ3n) is 3.71. The van der Waals surface area contributed by atoms with Crippen LogP contribution >= 0.6 is 11.3 Å². The molecule has 0 bridgehead atoms. The van der Waals surface area contributed by atoms with Crippen LogP contribution in [0.2, 0.25) is 0 Å². The van der Waals surface area contributed by atoms with Gasteiger partial charge in [-0.1, -0.05) is 24.2 Å². The first-order chi connectivity index (χ1) is 8.68. The number of benzene rings is 1. The fraction of sp³-hybridized carbons (Fsp3) is 0.500. The average Bonchev–Trinajstić information content (AvgIpc) is 2.94. The summed E-state index contributed by atoms with van der Waals surface area (Å²) in [6, 6.07) is 6.03. The van der Waals surface area contributed by atoms with E-state index >= 15 is 0 Å². The zero-order valence-corrected chi connectivity index (χ0v) is 11.6. The fourth-order valence-electron chi connectivity index (χ4n) is 2.62. The lowest BCUT2D eigenvalue weighted by molar-refractivity contribution is 0.415. The molecular formula is C14H18N2OS. The van der Waals surface area contributed by atoms with Crippen molar-refractivity contribution >= 4 is 26.7 Å². The number of nitrogens with one attached hydrogen (secondary N) is 1. The van der Waals surface area contributed by atoms with Gasteiger partial charge >= 0.3 is 0 Å². The van der Waals surface area contributed by atoms with Crippen molar-refractivity contribution in [1.29, 1.82) is 0 Å². The number of rotatable bonds is 3. The maximum absolute atomic E-state index is 5.24. The highest BCUT2D eigenvalue weighted by Gasteiger charge is 2.29. The van der Waals surface area contributed by atoms with Crippen LogP contribution in [0, 0.1) is 0 Å². The number of thiazole rings is 1. The molecule has 0 atom stereocenters. The Hall–Kier alpha value is -1.29. The minimum atomic E-state index is 0.234. The quantitative estimate of drug-likeness (QED) is 0.906. The Labute approximate surface area is 111 Å². The first kappa shape index (κ1) is 11.8. The van der Waals surface area contributed by atoms with Gasteiger partial charge in [-0.25, -0.2) is 4.98 Å². The van der Waals surface area contributed by atoms with E-state index in [-0.39, 0.29) is 5.54 Å². The molecule has 0 amide bonds. The number of ether oxygens (including phenoxy) is 1. The van der Waals surface area contributed by atoms with Crippen LogP contribution in [0.15, 0.2) is 18.2 Å². The molecule has 3 rings (SSSR count). The normalized spacial score (nSPS) is 18.1. The van der Waals surface area contributed by atoms with Gasteiger partial charge < -0.3 is 10.1 Å². The lowest BCUT2D eigenvalue weighted by Gasteiger charge is -2.24. The van der Waals surface area contributed by atoms with E-state index in [2.05, 4.69) is 23.3 Å². The van der Waals surface area contributed by atoms with Gasteiger partial charge in [0.2, 0.25) is 0 Å². The Balaban J connectivity index is 1.88. The van der Waals surface area contributed by atoms with Crippen LogP contribution in [-0.2, 0) is 0 Å². The lowest BCUT2D eigenvalue weighted by Crippen LogP contribution is -2.30. The second-order valence-electron chi connectivity index (χ2n) is 5.25. The van der Waals surface area contributed by atoms with Crippen LogP contribution in [0.4, 0.5) is 5.13 Å². The number of aromatic nitrogens is 1. The van der Waals surface area contributed by atoms with Gasteiger partial charge in [-0.15, -0.1) is 0 Å². The fourth-order valence-corrected chi connectivity index (χ4v) is 3.67. The monoisotopic (exact) mass is 262 g/mol. The van der Waals surface area contributed by atoms with E-state index < -0.39 is 0 Å². The molecule has 0 unspecified atom stereocenters. The van der Waals surface area contributed by atoms with Crippen molar-refractivity contribution < 1.29 is 4.74 Å². The number of hydrogen-bond donors (Lipinski definition) is 1. The van der Waals surface area contributed by atoms with Crippen LogP contribution in [0.5, 0.6) is 5.75 Å². The first-order valence-corrected chi connectivity index (χ1v) is 7.23. The summed E-state index contributed by atoms with van der Waals surface area (Å²) in [6.45, 7) is 2.30. The van der Waals surface area contributed by atoms with Crippen molar-refractivity contribution in [2.45, 2.75) is 38.1 Å². The Bertz CT molecular complexity index is 558. The molecule has 0 aliphatic heterocycles. The second-order valence-corrected chi connectivity index (χ2v) is 6.28. The van der Waals surface area contributed by atoms with E-state index in [1.165, 1.54) is 30.4 Å². The highest BCUT2D eigenvalue weighted by Crippen LogP contribution is 2.36. The van der Waals surface area contributed by atoms with Crippen molar-refractivity contribution in [1.82, 2.24) is 4.98 Å². The van der Waals surface area contributed by atoms with Gasteiger partial charge in [-0.05, 0) is 38.0 Å². The number of hydrogen-bond acceptors (Lipinski definition) is 4. The van der Waals surface area contributed by atoms with Gasteiger partial charge in [0.25, 0.3) is 0 Å². The van der Waals surface area contributed by atoms with Gasteiger partial charge in [-0.3, -0.25) is 0 Å². The second kappa shape index (κ2) is 4.43. The summed E-state index contributed by atoms with van der Waals surface area (Å²) >= 11 is 1.71. The van der Waals surface area contributed by atoms with Crippen LogP contribution in [0.3, 0.4) is 0 Å². The Kier molecular flexibility index (Phi) is 2.90. The van der Waals surface area contributed by atoms with Crippen LogP contribution in [0.1, 0.15) is 32.6 Å². The number of methoxy groups -OCH3 is 1. The Morgan fingerprint density at radius 1 is 1.33 bits per heavy atom. The highest BCUT2D eigenvalue weighted by atomic mass is 32.1. The third kappa shape index (κ3) is 2.17. The van der Waals surface area contributed by atoms with Gasteiger partial charge in [-0.2, -0.15) is 0 Å². The van der Waals surface area contributed by atoms with E-state index in [4.69, 9.17) is 4.74 Å². The van der Waals surface area contributed by atoms with Crippen molar-refractivity contribution in [2.24, 2.45) is 0 Å². The maximum Gasteiger partial charge on any atom is 0.184 e. The van der Waals surface area contributed by atoms with Crippen LogP contribution < -0.4 is 10.1 Å². The average molecular weight is 262 g/mol. The molecule has 0 radical (unpaired) electrons. The van der Waals surface area contributed by atoms with E-state index in [9.17, 15) is 0 Å². The summed E-state index contributed by atoms with van der Waals surface area (Å²) in [4.78, 5) is 4.65. The minimum Gasteiger partial charge on any atom is -0.497 e. The number of nitrogens with zero attached hydrogens (tertiary/aromatic N) is 1. The summed E-state index contributed by atoms with van der Waals surface area (Å²) in [5.74, 6) is 0.893. The zero-order chi connectivity index (χ0) is 12.6. The molecule has 4 heteroatoms. The molecule has 0 spiro atoms. The van der Waals surface area contributed by atoms with Gasteiger partial charge in [0.15, 0.2) is 5.13 Å². The lowest BCUT2D eigenvalue weighted by atomic mass is 10.0. The molecule has 18 heavy (non-hydrogen) atoms. The molecule has 1 aliphatic carbocycles. The molecule has 1 aliphatic rings. The van der Waals surface area contributed by atoms with Crippen molar-refractivity contribution in [3.05, 3.63) is 18.2 Å². The molecule has 1 fully saturated rings. The van der Waals surface area contributed by atoms with Crippen LogP contribution in [-0.4, -0.2) is 17.6 Å². The van der Waals surface area contributed by atoms with Crippen molar-refractivity contribution in [3.63, 3.8) is 0 Å². The predicted octanol–water partition coefficient (Wildman–Crippen LogP) is 4.05. The summed E-state index contributed by atoms with van der Waals surface area (Å²) in [5, 5.41) is 4.64. The molecule has 1 heterocycles. The minimum absolute atomic E-state index is 0.234. The summed E-state index contributed by atoms with van der Waals surface area (Å²) < 4.78 is 6.42. The molecule has 2 aromatic rings. The molecular weight excluding hydrogens is 244 g/mol. The van der Waals surface area contributed by atoms with Gasteiger partial charge in [0.1, 0.15) is 5.75 Å². The molecule has 0 saturated heterocycles. The smallest absolute Gasteiger partial charge is 0.184 e. The molecule has 1 N–H and O–H groups in total. The molecule has 96 valence electrons. The topological polar surface area (TPSA) is 34.1 Å². The Morgan fingerprint density at radius 3 is 2.83 bits per heavy atom. The predicted molar refractivity (Wildman–Crippen MR) is 76.7 cm³/mol. The standard InChI is InChI=1S/C14H18N2OS/c1-14(7-3-4-8-14)16-13-15-11-6-5-10(17-2)9-12(11)18-13/h5-6,9H,3-4,7-8H2,1-2H3,(H,15,16). The zero-order valence-electron chi connectivity index (χ0n) is 10.8. The molecule has 1 aromatic carbocycles. The van der Waals surface area contributed by atoms with Gasteiger partial charge in [0, 0.05) is 5.54 Å². The van der Waals surface area contributed by atoms with Gasteiger partial charge in [0.05, 0.1) is 17.3 Å². The summed E-state index contributed by atoms with van der Waals surface area (Å²) in [7, 11) is 1.70. The number of fused-ring (bicyclic) bond motifs is 1. The molecule has 1 saturated carbocycles. The highest BCUT2D eigenvalue weighted by molar-refractivity contribution is 7.22. The Morgan fingerprint density at radius 2 is 2.11 bits per heavy atom. The number of anilines is 1. The first-order valence-electron chi connectivity index (χ1n) is 6.41. The maximum atomic E-state index is 5.24. The molecule has 1 aromatic heterocycles. The van der Waals surface area contributed by atoms with Crippen molar-refractivity contribution in [3.8, 4) is 5.75 Å². The van der Waals surface area contributed by atoms with E-state index in [0.29, 0.717) is 0 Å². The summed E-state index contributed by atoms with van der Waals surface area (Å²) in [5.41, 5.74) is 1.28. The third-order valence-corrected chi connectivity index (χ3v) is 4.65. The van der Waals surface area contributed by atoms with E-state index in [1.807, 2.05) is 12.1 Å².